The fourth-order valence-electron chi connectivity index (χ4n) is 3.36. The Hall–Kier alpha value is -1.35. The third-order valence-electron chi connectivity index (χ3n) is 4.76. The maximum atomic E-state index is 12.4. The Morgan fingerprint density at radius 1 is 1.38 bits per heavy atom. The molecule has 2 atom stereocenters. The highest BCUT2D eigenvalue weighted by atomic mass is 16.1. The first-order valence-corrected chi connectivity index (χ1v) is 8.03. The molecule has 2 rings (SSSR count). The summed E-state index contributed by atoms with van der Waals surface area (Å²) in [6, 6.07) is 6.47. The van der Waals surface area contributed by atoms with Crippen LogP contribution in [0.3, 0.4) is 0 Å². The van der Waals surface area contributed by atoms with Gasteiger partial charge in [-0.05, 0) is 51.2 Å². The molecule has 1 amide bonds. The number of nitrogens with one attached hydrogen (secondary N) is 1. The second kappa shape index (κ2) is 6.61. The van der Waals surface area contributed by atoms with Crippen LogP contribution in [0, 0.1) is 19.8 Å². The van der Waals surface area contributed by atoms with Gasteiger partial charge in [0.25, 0.3) is 0 Å². The number of hydrogen-bond donors (Lipinski definition) is 2. The minimum absolute atomic E-state index is 0.0367. The first-order chi connectivity index (χ1) is 9.90. The summed E-state index contributed by atoms with van der Waals surface area (Å²) >= 11 is 0. The van der Waals surface area contributed by atoms with Gasteiger partial charge >= 0.3 is 0 Å². The Balaban J connectivity index is 1.86. The van der Waals surface area contributed by atoms with Crippen molar-refractivity contribution in [3.63, 3.8) is 0 Å². The van der Waals surface area contributed by atoms with Crippen molar-refractivity contribution in [3.8, 4) is 0 Å². The molecule has 0 aliphatic heterocycles. The molecule has 1 fully saturated rings. The summed E-state index contributed by atoms with van der Waals surface area (Å²) in [6.45, 7) is 6.93. The average Bonchev–Trinajstić information content (AvgIpc) is 2.40. The average molecular weight is 288 g/mol. The maximum Gasteiger partial charge on any atom is 0.224 e. The van der Waals surface area contributed by atoms with Crippen LogP contribution in [-0.4, -0.2) is 18.0 Å². The van der Waals surface area contributed by atoms with Crippen LogP contribution in [0.1, 0.15) is 49.3 Å². The Labute approximate surface area is 128 Å². The number of carbonyl (C=O) groups is 1. The zero-order valence-electron chi connectivity index (χ0n) is 13.5. The van der Waals surface area contributed by atoms with Gasteiger partial charge in [0.15, 0.2) is 0 Å². The van der Waals surface area contributed by atoms with Gasteiger partial charge in [0.05, 0.1) is 5.92 Å². The highest BCUT2D eigenvalue weighted by Gasteiger charge is 2.37. The smallest absolute Gasteiger partial charge is 0.224 e. The van der Waals surface area contributed by atoms with Crippen LogP contribution >= 0.6 is 0 Å². The third kappa shape index (κ3) is 4.07. The molecule has 2 unspecified atom stereocenters. The third-order valence-corrected chi connectivity index (χ3v) is 4.76. The molecule has 3 nitrogen and oxygen atoms in total. The van der Waals surface area contributed by atoms with Gasteiger partial charge in [-0.2, -0.15) is 0 Å². The monoisotopic (exact) mass is 288 g/mol. The van der Waals surface area contributed by atoms with E-state index in [4.69, 9.17) is 5.73 Å². The van der Waals surface area contributed by atoms with Gasteiger partial charge < -0.3 is 11.1 Å². The molecule has 1 saturated carbocycles. The van der Waals surface area contributed by atoms with Crippen molar-refractivity contribution < 1.29 is 4.79 Å². The molecule has 1 aliphatic carbocycles. The van der Waals surface area contributed by atoms with Crippen molar-refractivity contribution in [1.82, 2.24) is 5.32 Å². The fourth-order valence-corrected chi connectivity index (χ4v) is 3.36. The fraction of sp³-hybridized carbons (Fsp3) is 0.611. The molecule has 116 valence electrons. The molecule has 0 radical (unpaired) electrons. The number of benzene rings is 1. The molecule has 3 N–H and O–H groups in total. The molecular formula is C18H28N2O. The van der Waals surface area contributed by atoms with Gasteiger partial charge in [-0.3, -0.25) is 4.79 Å². The van der Waals surface area contributed by atoms with Crippen LogP contribution in [0.15, 0.2) is 18.2 Å². The lowest BCUT2D eigenvalue weighted by Gasteiger charge is -2.37. The van der Waals surface area contributed by atoms with E-state index in [1.807, 2.05) is 6.92 Å². The van der Waals surface area contributed by atoms with E-state index in [2.05, 4.69) is 37.4 Å². The lowest BCUT2D eigenvalue weighted by atomic mass is 9.74. The summed E-state index contributed by atoms with van der Waals surface area (Å²) in [5.74, 6) is 0.0924. The lowest BCUT2D eigenvalue weighted by molar-refractivity contribution is -0.128. The number of amides is 1. The van der Waals surface area contributed by atoms with Crippen molar-refractivity contribution in [3.05, 3.63) is 34.9 Å². The Bertz CT molecular complexity index is 508. The van der Waals surface area contributed by atoms with Gasteiger partial charge in [0, 0.05) is 12.1 Å². The predicted octanol–water partition coefficient (Wildman–Crippen LogP) is 2.87. The highest BCUT2D eigenvalue weighted by molar-refractivity contribution is 5.80. The largest absolute Gasteiger partial charge is 0.355 e. The first-order valence-electron chi connectivity index (χ1n) is 8.03. The van der Waals surface area contributed by atoms with E-state index < -0.39 is 0 Å². The summed E-state index contributed by atoms with van der Waals surface area (Å²) in [4.78, 5) is 12.4. The Morgan fingerprint density at radius 2 is 2.14 bits per heavy atom. The van der Waals surface area contributed by atoms with Crippen molar-refractivity contribution in [2.45, 2.75) is 58.4 Å². The number of rotatable bonds is 4. The molecule has 0 aromatic heterocycles. The van der Waals surface area contributed by atoms with Crippen molar-refractivity contribution in [1.29, 1.82) is 0 Å². The van der Waals surface area contributed by atoms with Crippen LogP contribution in [0.4, 0.5) is 0 Å². The van der Waals surface area contributed by atoms with E-state index in [1.165, 1.54) is 16.7 Å². The topological polar surface area (TPSA) is 55.1 Å². The molecule has 1 aromatic rings. The molecule has 0 bridgehead atoms. The zero-order chi connectivity index (χ0) is 15.5. The van der Waals surface area contributed by atoms with Gasteiger partial charge in [-0.1, -0.05) is 36.6 Å². The zero-order valence-corrected chi connectivity index (χ0v) is 13.5. The van der Waals surface area contributed by atoms with Crippen molar-refractivity contribution in [2.75, 3.05) is 6.54 Å². The highest BCUT2D eigenvalue weighted by Crippen LogP contribution is 2.31. The number of carbonyl (C=O) groups excluding carboxylic acids is 1. The summed E-state index contributed by atoms with van der Waals surface area (Å²) in [7, 11) is 0. The van der Waals surface area contributed by atoms with Crippen molar-refractivity contribution >= 4 is 5.91 Å². The van der Waals surface area contributed by atoms with Crippen LogP contribution < -0.4 is 11.1 Å². The van der Waals surface area contributed by atoms with Gasteiger partial charge in [-0.15, -0.1) is 0 Å². The van der Waals surface area contributed by atoms with Crippen LogP contribution in [0.5, 0.6) is 0 Å². The Kier molecular flexibility index (Phi) is 5.04. The number of aryl methyl sites for hydroxylation is 2. The van der Waals surface area contributed by atoms with E-state index in [-0.39, 0.29) is 17.4 Å². The second-order valence-electron chi connectivity index (χ2n) is 6.78. The van der Waals surface area contributed by atoms with E-state index in [9.17, 15) is 4.79 Å². The summed E-state index contributed by atoms with van der Waals surface area (Å²) in [5.41, 5.74) is 9.82. The molecule has 0 saturated heterocycles. The van der Waals surface area contributed by atoms with E-state index in [0.717, 1.165) is 32.1 Å². The van der Waals surface area contributed by atoms with Crippen LogP contribution in [-0.2, 0) is 11.2 Å². The predicted molar refractivity (Wildman–Crippen MR) is 87.2 cm³/mol. The number of nitrogens with two attached hydrogens (primary N) is 1. The quantitative estimate of drug-likeness (QED) is 0.895. The van der Waals surface area contributed by atoms with Gasteiger partial charge in [0.1, 0.15) is 0 Å². The SMILES string of the molecule is Cc1ccc(CCNC(=O)C2CCCCC2(C)N)c(C)c1. The van der Waals surface area contributed by atoms with Gasteiger partial charge in [0.2, 0.25) is 5.91 Å². The van der Waals surface area contributed by atoms with E-state index in [1.54, 1.807) is 0 Å². The molecule has 0 heterocycles. The lowest BCUT2D eigenvalue weighted by Crippen LogP contribution is -2.53. The number of hydrogen-bond acceptors (Lipinski definition) is 2. The molecule has 0 spiro atoms. The second-order valence-corrected chi connectivity index (χ2v) is 6.78. The first kappa shape index (κ1) is 16.0. The van der Waals surface area contributed by atoms with Gasteiger partial charge in [-0.25, -0.2) is 0 Å². The summed E-state index contributed by atoms with van der Waals surface area (Å²) < 4.78 is 0. The van der Waals surface area contributed by atoms with Crippen LogP contribution in [0.2, 0.25) is 0 Å². The molecular weight excluding hydrogens is 260 g/mol. The Morgan fingerprint density at radius 3 is 2.81 bits per heavy atom. The van der Waals surface area contributed by atoms with E-state index >= 15 is 0 Å². The standard InChI is InChI=1S/C18H28N2O/c1-13-7-8-15(14(2)12-13)9-11-20-17(21)16-6-4-5-10-18(16,3)19/h7-8,12,16H,4-6,9-11,19H2,1-3H3,(H,20,21). The maximum absolute atomic E-state index is 12.4. The minimum atomic E-state index is -0.345. The summed E-state index contributed by atoms with van der Waals surface area (Å²) in [6.07, 6.45) is 5.00. The molecule has 21 heavy (non-hydrogen) atoms. The molecule has 3 heteroatoms. The summed E-state index contributed by atoms with van der Waals surface area (Å²) in [5, 5.41) is 3.08. The van der Waals surface area contributed by atoms with Crippen molar-refractivity contribution in [2.24, 2.45) is 11.7 Å². The normalized spacial score (nSPS) is 25.6. The van der Waals surface area contributed by atoms with E-state index in [0.29, 0.717) is 6.54 Å². The molecule has 1 aliphatic rings. The van der Waals surface area contributed by atoms with Crippen LogP contribution in [0.25, 0.3) is 0 Å². The molecule has 1 aromatic carbocycles. The minimum Gasteiger partial charge on any atom is -0.355 e.